The molecule has 0 spiro atoms. The van der Waals surface area contributed by atoms with Gasteiger partial charge in [-0.25, -0.2) is 9.78 Å². The summed E-state index contributed by atoms with van der Waals surface area (Å²) in [6.07, 6.45) is 4.93. The van der Waals surface area contributed by atoms with Gasteiger partial charge in [0.25, 0.3) is 0 Å². The van der Waals surface area contributed by atoms with Crippen molar-refractivity contribution in [1.29, 1.82) is 0 Å². The molecule has 5 rings (SSSR count). The molecule has 3 heterocycles. The van der Waals surface area contributed by atoms with Crippen LogP contribution in [0.15, 0.2) is 53.1 Å². The van der Waals surface area contributed by atoms with E-state index in [4.69, 9.17) is 4.98 Å². The van der Waals surface area contributed by atoms with Crippen LogP contribution < -0.4 is 9.80 Å². The van der Waals surface area contributed by atoms with Gasteiger partial charge in [0.05, 0.1) is 0 Å². The molecule has 0 bridgehead atoms. The van der Waals surface area contributed by atoms with Crippen molar-refractivity contribution in [1.82, 2.24) is 9.88 Å². The molecule has 2 aliphatic heterocycles. The van der Waals surface area contributed by atoms with Crippen LogP contribution in [0, 0.1) is 0 Å². The summed E-state index contributed by atoms with van der Waals surface area (Å²) in [6, 6.07) is 15.1. The number of aromatic nitrogens is 1. The third-order valence-corrected chi connectivity index (χ3v) is 7.64. The van der Waals surface area contributed by atoms with Crippen LogP contribution in [0.4, 0.5) is 15.6 Å². The van der Waals surface area contributed by atoms with Crippen LogP contribution in [0.25, 0.3) is 0 Å². The number of rotatable bonds is 4. The Morgan fingerprint density at radius 1 is 1.06 bits per heavy atom. The lowest BCUT2D eigenvalue weighted by atomic mass is 9.99. The third-order valence-electron chi connectivity index (χ3n) is 6.05. The van der Waals surface area contributed by atoms with E-state index in [1.165, 1.54) is 21.6 Å². The number of fused-ring (bicyclic) bond motifs is 1. The Balaban J connectivity index is 1.32. The molecule has 0 aliphatic carbocycles. The Labute approximate surface area is 195 Å². The summed E-state index contributed by atoms with van der Waals surface area (Å²) < 4.78 is 1.10. The van der Waals surface area contributed by atoms with Gasteiger partial charge in [-0.05, 0) is 53.8 Å². The van der Waals surface area contributed by atoms with E-state index in [1.54, 1.807) is 16.2 Å². The van der Waals surface area contributed by atoms with E-state index in [0.717, 1.165) is 60.7 Å². The first-order chi connectivity index (χ1) is 15.1. The predicted molar refractivity (Wildman–Crippen MR) is 130 cm³/mol. The molecular formula is C24H25BrN4OS. The minimum Gasteiger partial charge on any atom is -0.343 e. The normalized spacial score (nSPS) is 16.6. The van der Waals surface area contributed by atoms with E-state index in [0.29, 0.717) is 0 Å². The maximum Gasteiger partial charge on any atom is 0.324 e. The van der Waals surface area contributed by atoms with Gasteiger partial charge in [0.1, 0.15) is 0 Å². The van der Waals surface area contributed by atoms with Crippen molar-refractivity contribution in [2.75, 3.05) is 36.5 Å². The molecule has 2 aromatic carbocycles. The van der Waals surface area contributed by atoms with Gasteiger partial charge in [0.2, 0.25) is 0 Å². The lowest BCUT2D eigenvalue weighted by Crippen LogP contribution is -2.47. The number of hydrogen-bond acceptors (Lipinski definition) is 4. The molecule has 1 fully saturated rings. The molecule has 0 radical (unpaired) electrons. The van der Waals surface area contributed by atoms with Crippen molar-refractivity contribution in [3.05, 3.63) is 74.7 Å². The fourth-order valence-electron chi connectivity index (χ4n) is 4.31. The number of anilines is 2. The van der Waals surface area contributed by atoms with Crippen LogP contribution in [-0.2, 0) is 19.4 Å². The van der Waals surface area contributed by atoms with Crippen molar-refractivity contribution in [3.8, 4) is 0 Å². The summed E-state index contributed by atoms with van der Waals surface area (Å²) in [5.74, 6) is 0. The highest BCUT2D eigenvalue weighted by molar-refractivity contribution is 9.10. The maximum absolute atomic E-state index is 12.6. The number of carbonyl (C=O) groups excluding carboxylic acids is 1. The first-order valence-electron chi connectivity index (χ1n) is 10.7. The number of urea groups is 1. The van der Waals surface area contributed by atoms with Crippen LogP contribution >= 0.6 is 27.3 Å². The van der Waals surface area contributed by atoms with Crippen molar-refractivity contribution in [2.45, 2.75) is 25.8 Å². The molecule has 1 aromatic heterocycles. The maximum atomic E-state index is 12.6. The highest BCUT2D eigenvalue weighted by atomic mass is 79.9. The van der Waals surface area contributed by atoms with E-state index in [2.05, 4.69) is 63.3 Å². The number of nitrogens with zero attached hydrogens (tertiary/aromatic N) is 4. The Kier molecular flexibility index (Phi) is 5.71. The SMILES string of the molecule is CN1CCCN(c2ccc3c(c2)CN(c2ncc(Cc4ccc(Br)cc4)s2)CC3)C1=O. The topological polar surface area (TPSA) is 39.7 Å². The Morgan fingerprint density at radius 3 is 2.74 bits per heavy atom. The number of carbonyl (C=O) groups is 1. The minimum atomic E-state index is 0.0939. The van der Waals surface area contributed by atoms with Crippen LogP contribution in [0.1, 0.15) is 28.0 Å². The van der Waals surface area contributed by atoms with E-state index in [-0.39, 0.29) is 6.03 Å². The van der Waals surface area contributed by atoms with Crippen LogP contribution in [0.2, 0.25) is 0 Å². The molecule has 0 atom stereocenters. The Morgan fingerprint density at radius 2 is 1.90 bits per heavy atom. The summed E-state index contributed by atoms with van der Waals surface area (Å²) in [7, 11) is 1.88. The van der Waals surface area contributed by atoms with Gasteiger partial charge in [-0.1, -0.05) is 34.1 Å². The first kappa shape index (κ1) is 20.5. The van der Waals surface area contributed by atoms with Crippen molar-refractivity contribution >= 4 is 44.1 Å². The smallest absolute Gasteiger partial charge is 0.324 e. The number of benzene rings is 2. The highest BCUT2D eigenvalue weighted by Crippen LogP contribution is 2.32. The second-order valence-electron chi connectivity index (χ2n) is 8.25. The molecule has 0 unspecified atom stereocenters. The lowest BCUT2D eigenvalue weighted by Gasteiger charge is -2.34. The number of amides is 2. The Hall–Kier alpha value is -2.38. The van der Waals surface area contributed by atoms with Crippen molar-refractivity contribution in [2.24, 2.45) is 0 Å². The molecule has 7 heteroatoms. The number of thiazole rings is 1. The fraction of sp³-hybridized carbons (Fsp3) is 0.333. The van der Waals surface area contributed by atoms with Crippen LogP contribution in [-0.4, -0.2) is 42.6 Å². The summed E-state index contributed by atoms with van der Waals surface area (Å²) in [4.78, 5) is 24.7. The zero-order chi connectivity index (χ0) is 21.4. The molecule has 2 aliphatic rings. The van der Waals surface area contributed by atoms with Gasteiger partial charge < -0.3 is 9.80 Å². The van der Waals surface area contributed by atoms with Crippen molar-refractivity contribution < 1.29 is 4.79 Å². The minimum absolute atomic E-state index is 0.0939. The highest BCUT2D eigenvalue weighted by Gasteiger charge is 2.26. The molecule has 160 valence electrons. The van der Waals surface area contributed by atoms with Gasteiger partial charge in [0, 0.05) is 60.9 Å². The summed E-state index contributed by atoms with van der Waals surface area (Å²) in [5, 5.41) is 1.08. The van der Waals surface area contributed by atoms with E-state index >= 15 is 0 Å². The average molecular weight is 497 g/mol. The van der Waals surface area contributed by atoms with Crippen molar-refractivity contribution in [3.63, 3.8) is 0 Å². The van der Waals surface area contributed by atoms with Crippen LogP contribution in [0.3, 0.4) is 0 Å². The van der Waals surface area contributed by atoms with Gasteiger partial charge in [-0.2, -0.15) is 0 Å². The molecule has 0 N–H and O–H groups in total. The quantitative estimate of drug-likeness (QED) is 0.490. The van der Waals surface area contributed by atoms with Gasteiger partial charge >= 0.3 is 6.03 Å². The number of hydrogen-bond donors (Lipinski definition) is 0. The first-order valence-corrected chi connectivity index (χ1v) is 12.3. The van der Waals surface area contributed by atoms with Gasteiger partial charge in [0.15, 0.2) is 5.13 Å². The second-order valence-corrected chi connectivity index (χ2v) is 10.3. The van der Waals surface area contributed by atoms with E-state index in [1.807, 2.05) is 18.1 Å². The molecule has 0 saturated carbocycles. The third kappa shape index (κ3) is 4.34. The summed E-state index contributed by atoms with van der Waals surface area (Å²) in [5.41, 5.74) is 4.98. The average Bonchev–Trinajstić information content (AvgIpc) is 3.25. The molecule has 1 saturated heterocycles. The molecule has 2 amide bonds. The van der Waals surface area contributed by atoms with Gasteiger partial charge in [-0.15, -0.1) is 11.3 Å². The molecular weight excluding hydrogens is 472 g/mol. The van der Waals surface area contributed by atoms with E-state index in [9.17, 15) is 4.79 Å². The predicted octanol–water partition coefficient (Wildman–Crippen LogP) is 5.32. The summed E-state index contributed by atoms with van der Waals surface area (Å²) in [6.45, 7) is 3.44. The van der Waals surface area contributed by atoms with E-state index < -0.39 is 0 Å². The second kappa shape index (κ2) is 8.63. The molecule has 5 nitrogen and oxygen atoms in total. The largest absolute Gasteiger partial charge is 0.343 e. The lowest BCUT2D eigenvalue weighted by molar-refractivity contribution is 0.207. The fourth-order valence-corrected chi connectivity index (χ4v) is 5.54. The number of halogens is 1. The standard InChI is InChI=1S/C24H25BrN4OS/c1-27-10-2-11-29(24(27)30)21-8-5-18-9-12-28(16-19(18)14-21)23-26-15-22(31-23)13-17-3-6-20(25)7-4-17/h3-8,14-15H,2,9-13,16H2,1H3. The molecule has 31 heavy (non-hydrogen) atoms. The Bertz CT molecular complexity index is 1100. The molecule has 3 aromatic rings. The van der Waals surface area contributed by atoms with Crippen LogP contribution in [0.5, 0.6) is 0 Å². The van der Waals surface area contributed by atoms with Gasteiger partial charge in [-0.3, -0.25) is 4.90 Å². The zero-order valence-electron chi connectivity index (χ0n) is 17.6. The summed E-state index contributed by atoms with van der Waals surface area (Å²) >= 11 is 5.27. The monoisotopic (exact) mass is 496 g/mol. The zero-order valence-corrected chi connectivity index (χ0v) is 20.0.